The molecule has 0 aliphatic rings. The number of aliphatic hydroxyl groups is 1. The highest BCUT2D eigenvalue weighted by Crippen LogP contribution is 2.02. The molecular weight excluding hydrogens is 164 g/mol. The van der Waals surface area contributed by atoms with Crippen LogP contribution in [0, 0.1) is 0 Å². The number of rotatable bonds is 4. The van der Waals surface area contributed by atoms with E-state index >= 15 is 0 Å². The zero-order valence-corrected chi connectivity index (χ0v) is 7.68. The van der Waals surface area contributed by atoms with Crippen molar-refractivity contribution in [2.24, 2.45) is 0 Å². The Morgan fingerprint density at radius 2 is 2.08 bits per heavy atom. The van der Waals surface area contributed by atoms with Crippen LogP contribution >= 0.6 is 0 Å². The van der Waals surface area contributed by atoms with Gasteiger partial charge in [0, 0.05) is 7.11 Å². The lowest BCUT2D eigenvalue weighted by Crippen LogP contribution is -2.11. The van der Waals surface area contributed by atoms with E-state index in [9.17, 15) is 0 Å². The van der Waals surface area contributed by atoms with Crippen LogP contribution in [0.15, 0.2) is 36.4 Å². The lowest BCUT2D eigenvalue weighted by molar-refractivity contribution is 0.0825. The first-order valence-corrected chi connectivity index (χ1v) is 4.23. The maximum absolute atomic E-state index is 8.83. The number of benzene rings is 1. The monoisotopic (exact) mass is 178 g/mol. The molecule has 1 aromatic rings. The molecule has 0 amide bonds. The largest absolute Gasteiger partial charge is 0.393 e. The maximum Gasteiger partial charge on any atom is 0.0985 e. The molecule has 2 heteroatoms. The van der Waals surface area contributed by atoms with Crippen molar-refractivity contribution in [3.05, 3.63) is 42.0 Å². The Balaban J connectivity index is 2.57. The predicted molar refractivity (Wildman–Crippen MR) is 53.4 cm³/mol. The van der Waals surface area contributed by atoms with Gasteiger partial charge >= 0.3 is 0 Å². The Labute approximate surface area is 78.5 Å². The molecule has 0 aliphatic heterocycles. The molecule has 0 saturated heterocycles. The summed E-state index contributed by atoms with van der Waals surface area (Å²) in [6.45, 7) is 0.0137. The molecule has 1 unspecified atom stereocenters. The molecule has 1 rings (SSSR count). The Morgan fingerprint density at radius 1 is 1.38 bits per heavy atom. The van der Waals surface area contributed by atoms with Crippen molar-refractivity contribution in [1.82, 2.24) is 0 Å². The Morgan fingerprint density at radius 3 is 2.62 bits per heavy atom. The van der Waals surface area contributed by atoms with E-state index in [0.717, 1.165) is 5.56 Å². The van der Waals surface area contributed by atoms with Gasteiger partial charge in [-0.15, -0.1) is 0 Å². The van der Waals surface area contributed by atoms with Gasteiger partial charge in [-0.3, -0.25) is 0 Å². The second-order valence-electron chi connectivity index (χ2n) is 2.73. The lowest BCUT2D eigenvalue weighted by Gasteiger charge is -2.05. The van der Waals surface area contributed by atoms with Crippen molar-refractivity contribution < 1.29 is 9.84 Å². The highest BCUT2D eigenvalue weighted by molar-refractivity contribution is 5.49. The van der Waals surface area contributed by atoms with Crippen molar-refractivity contribution in [2.75, 3.05) is 13.7 Å². The van der Waals surface area contributed by atoms with Crippen molar-refractivity contribution >= 4 is 6.08 Å². The molecule has 0 radical (unpaired) electrons. The highest BCUT2D eigenvalue weighted by Gasteiger charge is 1.97. The average molecular weight is 178 g/mol. The molecule has 0 heterocycles. The molecular formula is C11H14O2. The third kappa shape index (κ3) is 3.40. The third-order valence-corrected chi connectivity index (χ3v) is 1.79. The molecule has 1 atom stereocenters. The summed E-state index contributed by atoms with van der Waals surface area (Å²) in [5.41, 5.74) is 1.11. The zero-order valence-electron chi connectivity index (χ0n) is 7.68. The number of hydrogen-bond donors (Lipinski definition) is 1. The first-order chi connectivity index (χ1) is 6.36. The summed E-state index contributed by atoms with van der Waals surface area (Å²) < 4.78 is 4.98. The fourth-order valence-corrected chi connectivity index (χ4v) is 0.997. The van der Waals surface area contributed by atoms with Gasteiger partial charge in [-0.25, -0.2) is 0 Å². The van der Waals surface area contributed by atoms with E-state index in [1.165, 1.54) is 0 Å². The van der Waals surface area contributed by atoms with Gasteiger partial charge in [0.25, 0.3) is 0 Å². The van der Waals surface area contributed by atoms with E-state index in [1.807, 2.05) is 42.5 Å². The molecule has 0 bridgehead atoms. The zero-order chi connectivity index (χ0) is 9.52. The number of aliphatic hydroxyl groups excluding tert-OH is 1. The van der Waals surface area contributed by atoms with Gasteiger partial charge in [0.2, 0.25) is 0 Å². The van der Waals surface area contributed by atoms with Crippen molar-refractivity contribution in [1.29, 1.82) is 0 Å². The number of hydrogen-bond acceptors (Lipinski definition) is 2. The Hall–Kier alpha value is -1.12. The van der Waals surface area contributed by atoms with Gasteiger partial charge < -0.3 is 9.84 Å². The van der Waals surface area contributed by atoms with Crippen molar-refractivity contribution in [3.8, 4) is 0 Å². The van der Waals surface area contributed by atoms with Gasteiger partial charge in [-0.2, -0.15) is 0 Å². The van der Waals surface area contributed by atoms with Gasteiger partial charge in [0.15, 0.2) is 0 Å². The van der Waals surface area contributed by atoms with Crippen LogP contribution in [0.3, 0.4) is 0 Å². The Bertz CT molecular complexity index is 250. The molecule has 0 spiro atoms. The molecule has 1 aromatic carbocycles. The van der Waals surface area contributed by atoms with Crippen LogP contribution in [0.2, 0.25) is 0 Å². The standard InChI is InChI=1S/C11H14O2/c1-13-11(9-12)8-7-10-5-3-2-4-6-10/h2-8,11-12H,9H2,1H3/b8-7+. The van der Waals surface area contributed by atoms with Crippen LogP contribution in [-0.2, 0) is 4.74 Å². The van der Waals surface area contributed by atoms with E-state index in [1.54, 1.807) is 7.11 Å². The predicted octanol–water partition coefficient (Wildman–Crippen LogP) is 1.71. The van der Waals surface area contributed by atoms with Gasteiger partial charge in [-0.05, 0) is 5.56 Å². The van der Waals surface area contributed by atoms with Crippen molar-refractivity contribution in [2.45, 2.75) is 6.10 Å². The van der Waals surface area contributed by atoms with Gasteiger partial charge in [0.1, 0.15) is 0 Å². The minimum absolute atomic E-state index is 0.0137. The normalized spacial score (nSPS) is 13.4. The summed E-state index contributed by atoms with van der Waals surface area (Å²) in [7, 11) is 1.58. The second kappa shape index (κ2) is 5.51. The molecule has 70 valence electrons. The fourth-order valence-electron chi connectivity index (χ4n) is 0.997. The van der Waals surface area contributed by atoms with E-state index in [-0.39, 0.29) is 12.7 Å². The third-order valence-electron chi connectivity index (χ3n) is 1.79. The van der Waals surface area contributed by atoms with Gasteiger partial charge in [-0.1, -0.05) is 42.5 Å². The van der Waals surface area contributed by atoms with E-state index in [0.29, 0.717) is 0 Å². The van der Waals surface area contributed by atoms with E-state index in [4.69, 9.17) is 9.84 Å². The fraction of sp³-hybridized carbons (Fsp3) is 0.273. The van der Waals surface area contributed by atoms with E-state index < -0.39 is 0 Å². The summed E-state index contributed by atoms with van der Waals surface area (Å²) in [6, 6.07) is 9.92. The van der Waals surface area contributed by atoms with Crippen LogP contribution in [0.1, 0.15) is 5.56 Å². The van der Waals surface area contributed by atoms with Crippen LogP contribution in [0.4, 0.5) is 0 Å². The molecule has 0 fully saturated rings. The van der Waals surface area contributed by atoms with Gasteiger partial charge in [0.05, 0.1) is 12.7 Å². The summed E-state index contributed by atoms with van der Waals surface area (Å²) in [5, 5.41) is 8.83. The van der Waals surface area contributed by atoms with Crippen molar-refractivity contribution in [3.63, 3.8) is 0 Å². The van der Waals surface area contributed by atoms with Crippen LogP contribution < -0.4 is 0 Å². The summed E-state index contributed by atoms with van der Waals surface area (Å²) in [6.07, 6.45) is 3.57. The average Bonchev–Trinajstić information content (AvgIpc) is 2.21. The first-order valence-electron chi connectivity index (χ1n) is 4.23. The van der Waals surface area contributed by atoms with E-state index in [2.05, 4.69) is 0 Å². The quantitative estimate of drug-likeness (QED) is 0.760. The number of ether oxygens (including phenoxy) is 1. The number of methoxy groups -OCH3 is 1. The SMILES string of the molecule is COC(/C=C/c1ccccc1)CO. The highest BCUT2D eigenvalue weighted by atomic mass is 16.5. The maximum atomic E-state index is 8.83. The van der Waals surface area contributed by atoms with Crippen LogP contribution in [0.25, 0.3) is 6.08 Å². The van der Waals surface area contributed by atoms with Crippen LogP contribution in [0.5, 0.6) is 0 Å². The molecule has 13 heavy (non-hydrogen) atoms. The van der Waals surface area contributed by atoms with Crippen LogP contribution in [-0.4, -0.2) is 24.9 Å². The Kier molecular flexibility index (Phi) is 4.23. The molecule has 0 saturated carbocycles. The lowest BCUT2D eigenvalue weighted by atomic mass is 10.2. The summed E-state index contributed by atoms with van der Waals surface area (Å²) in [4.78, 5) is 0. The second-order valence-corrected chi connectivity index (χ2v) is 2.73. The minimum Gasteiger partial charge on any atom is -0.393 e. The molecule has 0 aromatic heterocycles. The minimum atomic E-state index is -0.208. The smallest absolute Gasteiger partial charge is 0.0985 e. The molecule has 2 nitrogen and oxygen atoms in total. The first kappa shape index (κ1) is 9.96. The molecule has 1 N–H and O–H groups in total. The topological polar surface area (TPSA) is 29.5 Å². The summed E-state index contributed by atoms with van der Waals surface area (Å²) >= 11 is 0. The summed E-state index contributed by atoms with van der Waals surface area (Å²) in [5.74, 6) is 0. The molecule has 0 aliphatic carbocycles.